The van der Waals surface area contributed by atoms with Crippen molar-refractivity contribution in [3.05, 3.63) is 36.6 Å². The van der Waals surface area contributed by atoms with Crippen molar-refractivity contribution in [3.8, 4) is 0 Å². The van der Waals surface area contributed by atoms with Crippen LogP contribution in [0.25, 0.3) is 0 Å². The molecule has 0 aromatic rings. The van der Waals surface area contributed by atoms with Crippen LogP contribution in [0.5, 0.6) is 0 Å². The molecule has 0 radical (unpaired) electrons. The number of carbonyl (C=O) groups excluding carboxylic acids is 2. The van der Waals surface area contributed by atoms with E-state index in [2.05, 4.69) is 33.9 Å². The zero-order valence-electron chi connectivity index (χ0n) is 20.3. The second-order valence-corrected chi connectivity index (χ2v) is 7.65. The van der Waals surface area contributed by atoms with Crippen LogP contribution < -0.4 is 5.32 Å². The molecule has 0 unspecified atom stereocenters. The maximum atomic E-state index is 12.3. The van der Waals surface area contributed by atoms with Crippen LogP contribution in [-0.4, -0.2) is 67.0 Å². The van der Waals surface area contributed by atoms with Crippen molar-refractivity contribution >= 4 is 17.8 Å². The highest BCUT2D eigenvalue weighted by Crippen LogP contribution is 2.11. The van der Waals surface area contributed by atoms with Crippen LogP contribution in [0.2, 0.25) is 0 Å². The fourth-order valence-electron chi connectivity index (χ4n) is 3.51. The van der Waals surface area contributed by atoms with Gasteiger partial charge in [0.25, 0.3) is 0 Å². The molecule has 1 heterocycles. The van der Waals surface area contributed by atoms with E-state index in [0.29, 0.717) is 32.7 Å². The largest absolute Gasteiger partial charge is 0.461 e. The smallest absolute Gasteiger partial charge is 0.317 e. The molecule has 1 fully saturated rings. The number of aliphatic imine (C=N–C) groups is 1. The normalized spacial score (nSPS) is 16.0. The summed E-state index contributed by atoms with van der Waals surface area (Å²) in [6, 6.07) is 0.00241. The third-order valence-electron chi connectivity index (χ3n) is 5.36. The number of piperazine rings is 1. The molecule has 32 heavy (non-hydrogen) atoms. The van der Waals surface area contributed by atoms with Crippen LogP contribution in [0.4, 0.5) is 4.79 Å². The molecule has 0 atom stereocenters. The Morgan fingerprint density at radius 3 is 2.47 bits per heavy atom. The molecule has 0 spiro atoms. The van der Waals surface area contributed by atoms with E-state index in [1.165, 1.54) is 0 Å². The summed E-state index contributed by atoms with van der Waals surface area (Å²) in [4.78, 5) is 32.3. The quantitative estimate of drug-likeness (QED) is 0.223. The number of amides is 2. The highest BCUT2D eigenvalue weighted by atomic mass is 16.5. The molecular weight excluding hydrogens is 404 g/mol. The number of ether oxygens (including phenoxy) is 1. The number of nitrogens with one attached hydrogen (secondary N) is 1. The van der Waals surface area contributed by atoms with Crippen LogP contribution in [-0.2, 0) is 9.53 Å². The summed E-state index contributed by atoms with van der Waals surface area (Å²) in [6.45, 7) is 13.6. The molecule has 0 aromatic heterocycles. The van der Waals surface area contributed by atoms with Gasteiger partial charge in [-0.1, -0.05) is 51.5 Å². The second-order valence-electron chi connectivity index (χ2n) is 7.65. The van der Waals surface area contributed by atoms with Gasteiger partial charge in [-0.25, -0.2) is 9.79 Å². The Bertz CT molecular complexity index is 669. The van der Waals surface area contributed by atoms with E-state index in [1.54, 1.807) is 6.20 Å². The number of nitrogens with zero attached hydrogens (tertiary/aromatic N) is 3. The van der Waals surface area contributed by atoms with Gasteiger partial charge in [-0.05, 0) is 38.2 Å². The van der Waals surface area contributed by atoms with Crippen LogP contribution >= 0.6 is 0 Å². The minimum absolute atomic E-state index is 0. The predicted molar refractivity (Wildman–Crippen MR) is 134 cm³/mol. The summed E-state index contributed by atoms with van der Waals surface area (Å²) in [5.74, 6) is 0.813. The van der Waals surface area contributed by atoms with Crippen molar-refractivity contribution in [1.29, 1.82) is 0 Å². The van der Waals surface area contributed by atoms with Gasteiger partial charge in [0, 0.05) is 46.8 Å². The van der Waals surface area contributed by atoms with Crippen LogP contribution in [0, 0.1) is 0 Å². The number of unbranched alkanes of at least 4 members (excludes halogenated alkanes) is 3. The average molecular weight is 449 g/mol. The first-order valence-corrected chi connectivity index (χ1v) is 12.0. The van der Waals surface area contributed by atoms with E-state index in [4.69, 9.17) is 4.74 Å². The predicted octanol–water partition coefficient (Wildman–Crippen LogP) is 4.92. The van der Waals surface area contributed by atoms with Gasteiger partial charge in [0.2, 0.25) is 0 Å². The Balaban J connectivity index is 0.00000332. The van der Waals surface area contributed by atoms with Gasteiger partial charge >= 0.3 is 12.0 Å². The molecule has 182 valence electrons. The third-order valence-corrected chi connectivity index (χ3v) is 5.36. The molecule has 2 aliphatic rings. The SMILES string of the molecule is C=CN=C(C)N1CCN(C(=O)NCCCCCCC(=O)OCC2=CCCC=C2)CC1.CC.[HH]. The van der Waals surface area contributed by atoms with Crippen molar-refractivity contribution in [1.82, 2.24) is 15.1 Å². The average Bonchev–Trinajstić information content (AvgIpc) is 2.84. The molecule has 7 nitrogen and oxygen atoms in total. The lowest BCUT2D eigenvalue weighted by molar-refractivity contribution is -0.142. The number of allylic oxidation sites excluding steroid dienone is 2. The Morgan fingerprint density at radius 2 is 1.81 bits per heavy atom. The number of urea groups is 1. The molecule has 1 N–H and O–H groups in total. The maximum absolute atomic E-state index is 12.3. The first kappa shape index (κ1) is 27.5. The number of hydrogen-bond acceptors (Lipinski definition) is 4. The molecule has 0 aromatic carbocycles. The van der Waals surface area contributed by atoms with Crippen molar-refractivity contribution in [3.63, 3.8) is 0 Å². The lowest BCUT2D eigenvalue weighted by Gasteiger charge is -2.35. The lowest BCUT2D eigenvalue weighted by atomic mass is 10.1. The van der Waals surface area contributed by atoms with Crippen LogP contribution in [0.3, 0.4) is 0 Å². The van der Waals surface area contributed by atoms with Gasteiger partial charge in [0.15, 0.2) is 0 Å². The fourth-order valence-corrected chi connectivity index (χ4v) is 3.51. The second kappa shape index (κ2) is 17.0. The highest BCUT2D eigenvalue weighted by Gasteiger charge is 2.21. The molecule has 2 rings (SSSR count). The van der Waals surface area contributed by atoms with Gasteiger partial charge in [-0.15, -0.1) is 0 Å². The molecule has 2 amide bonds. The fraction of sp³-hybridized carbons (Fsp3) is 0.640. The van der Waals surface area contributed by atoms with E-state index in [0.717, 1.165) is 63.0 Å². The van der Waals surface area contributed by atoms with E-state index in [9.17, 15) is 9.59 Å². The molecule has 0 saturated carbocycles. The van der Waals surface area contributed by atoms with Crippen molar-refractivity contribution < 1.29 is 15.8 Å². The Labute approximate surface area is 195 Å². The first-order valence-electron chi connectivity index (χ1n) is 12.0. The van der Waals surface area contributed by atoms with Crippen molar-refractivity contribution in [2.75, 3.05) is 39.3 Å². The summed E-state index contributed by atoms with van der Waals surface area (Å²) in [5.41, 5.74) is 1.09. The lowest BCUT2D eigenvalue weighted by Crippen LogP contribution is -2.52. The summed E-state index contributed by atoms with van der Waals surface area (Å²) in [6.07, 6.45) is 14.1. The standard InChI is InChI=1S/C23H36N4O3.C2H6.H2/c1-3-24-20(2)26-15-17-27(18-16-26)23(29)25-14-10-5-4-9-13-22(28)30-19-21-11-7-6-8-12-21;1-2;/h3,7,11-12H,1,4-6,8-10,13-19H2,2H3,(H,25,29);1-2H3;1H. The van der Waals surface area contributed by atoms with Gasteiger partial charge in [0.1, 0.15) is 12.4 Å². The Morgan fingerprint density at radius 1 is 1.12 bits per heavy atom. The molecular formula is C25H44N4O3. The first-order chi connectivity index (χ1) is 15.6. The van der Waals surface area contributed by atoms with Gasteiger partial charge < -0.3 is 19.9 Å². The van der Waals surface area contributed by atoms with Crippen LogP contribution in [0.15, 0.2) is 41.6 Å². The highest BCUT2D eigenvalue weighted by molar-refractivity contribution is 5.81. The Hall–Kier alpha value is -2.57. The molecule has 1 aliphatic carbocycles. The summed E-state index contributed by atoms with van der Waals surface area (Å²) in [5, 5.41) is 3.00. The summed E-state index contributed by atoms with van der Waals surface area (Å²) in [7, 11) is 0. The zero-order valence-corrected chi connectivity index (χ0v) is 20.3. The Kier molecular flexibility index (Phi) is 14.6. The van der Waals surface area contributed by atoms with Crippen molar-refractivity contribution in [2.45, 2.75) is 65.7 Å². The van der Waals surface area contributed by atoms with Gasteiger partial charge in [-0.3, -0.25) is 4.79 Å². The minimum Gasteiger partial charge on any atom is -0.461 e. The zero-order chi connectivity index (χ0) is 23.6. The molecule has 1 saturated heterocycles. The molecule has 7 heteroatoms. The maximum Gasteiger partial charge on any atom is 0.317 e. The molecule has 0 bridgehead atoms. The van der Waals surface area contributed by atoms with E-state index < -0.39 is 0 Å². The molecule has 1 aliphatic heterocycles. The number of carbonyl (C=O) groups is 2. The van der Waals surface area contributed by atoms with Gasteiger partial charge in [0.05, 0.1) is 0 Å². The van der Waals surface area contributed by atoms with Crippen LogP contribution in [0.1, 0.15) is 67.1 Å². The number of amidine groups is 1. The van der Waals surface area contributed by atoms with Crippen molar-refractivity contribution in [2.24, 2.45) is 4.99 Å². The number of rotatable bonds is 10. The monoisotopic (exact) mass is 448 g/mol. The number of hydrogen-bond donors (Lipinski definition) is 1. The summed E-state index contributed by atoms with van der Waals surface area (Å²) < 4.78 is 5.31. The van der Waals surface area contributed by atoms with E-state index in [1.807, 2.05) is 31.7 Å². The van der Waals surface area contributed by atoms with E-state index in [-0.39, 0.29) is 13.4 Å². The van der Waals surface area contributed by atoms with Gasteiger partial charge in [-0.2, -0.15) is 0 Å². The van der Waals surface area contributed by atoms with E-state index >= 15 is 0 Å². The third kappa shape index (κ3) is 11.2. The summed E-state index contributed by atoms with van der Waals surface area (Å²) >= 11 is 0. The number of esters is 1. The topological polar surface area (TPSA) is 74.2 Å². The minimum atomic E-state index is -0.129.